The molecule has 0 aromatic carbocycles. The number of carbonyl (C=O) groups is 1. The summed E-state index contributed by atoms with van der Waals surface area (Å²) in [4.78, 5) is 18.2. The van der Waals surface area contributed by atoms with Crippen LogP contribution in [0.25, 0.3) is 0 Å². The molecule has 1 aliphatic heterocycles. The van der Waals surface area contributed by atoms with E-state index in [4.69, 9.17) is 9.26 Å². The molecular formula is C14H23N3O3. The lowest BCUT2D eigenvalue weighted by molar-refractivity contribution is -0.147. The number of hydrogen-bond donors (Lipinski definition) is 0. The van der Waals surface area contributed by atoms with Crippen LogP contribution in [0.15, 0.2) is 4.52 Å². The van der Waals surface area contributed by atoms with Gasteiger partial charge in [-0.25, -0.2) is 0 Å². The van der Waals surface area contributed by atoms with Gasteiger partial charge in [-0.2, -0.15) is 4.98 Å². The Bertz CT molecular complexity index is 450. The van der Waals surface area contributed by atoms with Crippen molar-refractivity contribution in [3.05, 3.63) is 11.7 Å². The van der Waals surface area contributed by atoms with Gasteiger partial charge in [-0.05, 0) is 32.9 Å². The molecule has 1 aromatic rings. The predicted octanol–water partition coefficient (Wildman–Crippen LogP) is 2.14. The molecule has 1 atom stereocenters. The largest absolute Gasteiger partial charge is 0.469 e. The number of esters is 1. The molecule has 20 heavy (non-hydrogen) atoms. The summed E-state index contributed by atoms with van der Waals surface area (Å²) in [6, 6.07) is 0.0913. The van der Waals surface area contributed by atoms with Crippen molar-refractivity contribution >= 4 is 5.97 Å². The van der Waals surface area contributed by atoms with Crippen molar-refractivity contribution in [1.82, 2.24) is 15.0 Å². The molecule has 0 saturated carbocycles. The van der Waals surface area contributed by atoms with Gasteiger partial charge in [0.15, 0.2) is 5.82 Å². The Morgan fingerprint density at radius 2 is 2.00 bits per heavy atom. The third kappa shape index (κ3) is 3.17. The van der Waals surface area contributed by atoms with E-state index < -0.39 is 0 Å². The monoisotopic (exact) mass is 281 g/mol. The van der Waals surface area contributed by atoms with Gasteiger partial charge >= 0.3 is 5.97 Å². The fourth-order valence-electron chi connectivity index (χ4n) is 2.50. The van der Waals surface area contributed by atoms with Crippen molar-refractivity contribution < 1.29 is 14.1 Å². The minimum Gasteiger partial charge on any atom is -0.469 e. The minimum atomic E-state index is -0.0998. The second-order valence-corrected chi connectivity index (χ2v) is 5.65. The van der Waals surface area contributed by atoms with Gasteiger partial charge in [0.25, 0.3) is 0 Å². The van der Waals surface area contributed by atoms with E-state index in [9.17, 15) is 4.79 Å². The van der Waals surface area contributed by atoms with E-state index in [1.54, 1.807) is 0 Å². The third-order valence-electron chi connectivity index (χ3n) is 3.94. The van der Waals surface area contributed by atoms with E-state index in [1.807, 2.05) is 13.8 Å². The summed E-state index contributed by atoms with van der Waals surface area (Å²) in [5.74, 6) is 1.60. The zero-order chi connectivity index (χ0) is 14.7. The molecular weight excluding hydrogens is 258 g/mol. The zero-order valence-corrected chi connectivity index (χ0v) is 12.6. The van der Waals surface area contributed by atoms with Gasteiger partial charge in [0.2, 0.25) is 5.89 Å². The number of nitrogens with zero attached hydrogens (tertiary/aromatic N) is 3. The molecule has 6 nitrogen and oxygen atoms in total. The van der Waals surface area contributed by atoms with E-state index in [2.05, 4.69) is 22.0 Å². The Labute approximate surface area is 119 Å². The highest BCUT2D eigenvalue weighted by molar-refractivity contribution is 5.72. The molecule has 2 heterocycles. The molecule has 0 amide bonds. The summed E-state index contributed by atoms with van der Waals surface area (Å²) in [6.45, 7) is 7.85. The summed E-state index contributed by atoms with van der Waals surface area (Å²) in [7, 11) is 1.45. The van der Waals surface area contributed by atoms with E-state index >= 15 is 0 Å². The van der Waals surface area contributed by atoms with Crippen LogP contribution in [0, 0.1) is 5.92 Å². The third-order valence-corrected chi connectivity index (χ3v) is 3.94. The van der Waals surface area contributed by atoms with Gasteiger partial charge in [0, 0.05) is 5.92 Å². The van der Waals surface area contributed by atoms with E-state index in [-0.39, 0.29) is 23.8 Å². The average Bonchev–Trinajstić information content (AvgIpc) is 2.96. The van der Waals surface area contributed by atoms with Crippen LogP contribution < -0.4 is 0 Å². The molecule has 0 spiro atoms. The van der Waals surface area contributed by atoms with Crippen LogP contribution >= 0.6 is 0 Å². The van der Waals surface area contributed by atoms with Crippen LogP contribution in [0.3, 0.4) is 0 Å². The lowest BCUT2D eigenvalue weighted by atomic mass is 9.96. The molecule has 0 bridgehead atoms. The smallest absolute Gasteiger partial charge is 0.308 e. The number of likely N-dealkylation sites (tertiary alicyclic amines) is 1. The zero-order valence-electron chi connectivity index (χ0n) is 12.6. The quantitative estimate of drug-likeness (QED) is 0.788. The topological polar surface area (TPSA) is 68.5 Å². The first kappa shape index (κ1) is 15.0. The summed E-state index contributed by atoms with van der Waals surface area (Å²) in [5.41, 5.74) is 0. The van der Waals surface area contributed by atoms with Gasteiger partial charge in [-0.15, -0.1) is 0 Å². The lowest BCUT2D eigenvalue weighted by Crippen LogP contribution is -2.38. The van der Waals surface area contributed by atoms with Crippen LogP contribution in [-0.4, -0.2) is 41.2 Å². The van der Waals surface area contributed by atoms with Gasteiger partial charge in [0.05, 0.1) is 19.1 Å². The fraction of sp³-hybridized carbons (Fsp3) is 0.786. The second-order valence-electron chi connectivity index (χ2n) is 5.65. The number of aromatic nitrogens is 2. The Kier molecular flexibility index (Phi) is 4.75. The summed E-state index contributed by atoms with van der Waals surface area (Å²) < 4.78 is 10.1. The normalized spacial score (nSPS) is 19.2. The Morgan fingerprint density at radius 1 is 1.35 bits per heavy atom. The summed E-state index contributed by atoms with van der Waals surface area (Å²) >= 11 is 0. The molecule has 1 unspecified atom stereocenters. The lowest BCUT2D eigenvalue weighted by Gasteiger charge is -2.33. The van der Waals surface area contributed by atoms with E-state index in [0.717, 1.165) is 31.8 Å². The number of rotatable bonds is 4. The van der Waals surface area contributed by atoms with E-state index in [0.29, 0.717) is 5.89 Å². The Hall–Kier alpha value is -1.43. The van der Waals surface area contributed by atoms with Crippen LogP contribution in [-0.2, 0) is 9.53 Å². The van der Waals surface area contributed by atoms with Crippen molar-refractivity contribution in [2.75, 3.05) is 20.2 Å². The molecule has 112 valence electrons. The number of carbonyl (C=O) groups excluding carboxylic acids is 1. The van der Waals surface area contributed by atoms with Crippen molar-refractivity contribution in [2.45, 2.75) is 45.6 Å². The molecule has 2 rings (SSSR count). The Morgan fingerprint density at radius 3 is 2.50 bits per heavy atom. The van der Waals surface area contributed by atoms with Gasteiger partial charge in [0.1, 0.15) is 0 Å². The molecule has 6 heteroatoms. The van der Waals surface area contributed by atoms with Crippen LogP contribution in [0.2, 0.25) is 0 Å². The van der Waals surface area contributed by atoms with Crippen molar-refractivity contribution in [1.29, 1.82) is 0 Å². The second kappa shape index (κ2) is 6.35. The standard InChI is InChI=1S/C14H23N3O3/c1-9(2)12-15-13(20-16-12)10(3)17-7-5-11(6-8-17)14(18)19-4/h9-11H,5-8H2,1-4H3. The minimum absolute atomic E-state index is 0.0253. The first-order chi connectivity index (χ1) is 9.52. The SMILES string of the molecule is COC(=O)C1CCN(C(C)c2nc(C(C)C)no2)CC1. The molecule has 1 fully saturated rings. The fourth-order valence-corrected chi connectivity index (χ4v) is 2.50. The molecule has 0 radical (unpaired) electrons. The highest BCUT2D eigenvalue weighted by Gasteiger charge is 2.30. The maximum atomic E-state index is 11.5. The summed E-state index contributed by atoms with van der Waals surface area (Å²) in [6.07, 6.45) is 1.64. The van der Waals surface area contributed by atoms with E-state index in [1.165, 1.54) is 7.11 Å². The first-order valence-electron chi connectivity index (χ1n) is 7.18. The first-order valence-corrected chi connectivity index (χ1v) is 7.18. The highest BCUT2D eigenvalue weighted by Crippen LogP contribution is 2.26. The van der Waals surface area contributed by atoms with Crippen molar-refractivity contribution in [2.24, 2.45) is 5.92 Å². The maximum absolute atomic E-state index is 11.5. The molecule has 1 aromatic heterocycles. The Balaban J connectivity index is 1.94. The van der Waals surface area contributed by atoms with Crippen molar-refractivity contribution in [3.63, 3.8) is 0 Å². The predicted molar refractivity (Wildman–Crippen MR) is 73.1 cm³/mol. The number of ether oxygens (including phenoxy) is 1. The van der Waals surface area contributed by atoms with Crippen LogP contribution in [0.4, 0.5) is 0 Å². The average molecular weight is 281 g/mol. The number of piperidine rings is 1. The molecule has 0 aliphatic carbocycles. The molecule has 0 N–H and O–H groups in total. The van der Waals surface area contributed by atoms with Gasteiger partial charge < -0.3 is 9.26 Å². The summed E-state index contributed by atoms with van der Waals surface area (Å²) in [5, 5.41) is 4.00. The number of methoxy groups -OCH3 is 1. The van der Waals surface area contributed by atoms with Crippen LogP contribution in [0.1, 0.15) is 57.3 Å². The number of hydrogen-bond acceptors (Lipinski definition) is 6. The van der Waals surface area contributed by atoms with Crippen LogP contribution in [0.5, 0.6) is 0 Å². The van der Waals surface area contributed by atoms with Crippen molar-refractivity contribution in [3.8, 4) is 0 Å². The molecule has 1 aliphatic rings. The van der Waals surface area contributed by atoms with Gasteiger partial charge in [-0.3, -0.25) is 9.69 Å². The van der Waals surface area contributed by atoms with Gasteiger partial charge in [-0.1, -0.05) is 19.0 Å². The molecule has 1 saturated heterocycles. The highest BCUT2D eigenvalue weighted by atomic mass is 16.5. The maximum Gasteiger partial charge on any atom is 0.308 e.